The maximum absolute atomic E-state index is 13.9. The van der Waals surface area contributed by atoms with Gasteiger partial charge in [0.05, 0.1) is 16.8 Å². The van der Waals surface area contributed by atoms with Crippen molar-refractivity contribution in [3.63, 3.8) is 0 Å². The summed E-state index contributed by atoms with van der Waals surface area (Å²) in [6.45, 7) is 4.97. The predicted octanol–water partition coefficient (Wildman–Crippen LogP) is 3.94. The molecule has 0 unspecified atom stereocenters. The Labute approximate surface area is 274 Å². The average Bonchev–Trinajstić information content (AvgIpc) is 3.79. The summed E-state index contributed by atoms with van der Waals surface area (Å²) in [6, 6.07) is 9.67. The van der Waals surface area contributed by atoms with Gasteiger partial charge in [0.1, 0.15) is 17.6 Å². The van der Waals surface area contributed by atoms with Crippen LogP contribution in [0.5, 0.6) is 5.75 Å². The number of aromatic nitrogens is 3. The van der Waals surface area contributed by atoms with Crippen LogP contribution in [0.4, 0.5) is 16.3 Å². The number of phosphoric ester groups is 1. The molecule has 0 atom stereocenters. The van der Waals surface area contributed by atoms with Crippen molar-refractivity contribution in [1.82, 2.24) is 25.2 Å². The number of carbonyl (C=O) groups is 4. The fourth-order valence-corrected chi connectivity index (χ4v) is 5.12. The van der Waals surface area contributed by atoms with Gasteiger partial charge in [0.25, 0.3) is 11.8 Å². The molecule has 0 bridgehead atoms. The highest BCUT2D eigenvalue weighted by Crippen LogP contribution is 2.37. The fraction of sp³-hybridized carbons (Fsp3) is 0.290. The van der Waals surface area contributed by atoms with Crippen molar-refractivity contribution in [1.29, 1.82) is 0 Å². The van der Waals surface area contributed by atoms with Crippen molar-refractivity contribution in [2.45, 2.75) is 46.1 Å². The predicted molar refractivity (Wildman–Crippen MR) is 170 cm³/mol. The van der Waals surface area contributed by atoms with E-state index in [1.807, 2.05) is 6.92 Å². The number of fused-ring (bicyclic) bond motifs is 1. The number of aryl methyl sites for hydroxylation is 2. The number of nitrogens with one attached hydrogen (secondary N) is 2. The Bertz CT molecular complexity index is 1920. The van der Waals surface area contributed by atoms with Crippen molar-refractivity contribution in [3.05, 3.63) is 82.8 Å². The van der Waals surface area contributed by atoms with Gasteiger partial charge in [-0.05, 0) is 80.6 Å². The number of rotatable bonds is 12. The zero-order valence-corrected chi connectivity index (χ0v) is 27.1. The first kappa shape index (κ1) is 34.0. The molecular formula is C31H33N6O10P. The summed E-state index contributed by atoms with van der Waals surface area (Å²) in [5.74, 6) is -1.69. The SMILES string of the molecule is CCCNC(=O)c1cn2ncnc(N(C(=O)OCOC(=O)c3ccc(OP(=O)(O)O)cc3)c3cc(C(=O)NC4CC4)ccc3C)c2c1C. The molecule has 4 aromatic rings. The average molecular weight is 681 g/mol. The molecule has 17 heteroatoms. The van der Waals surface area contributed by atoms with Crippen molar-refractivity contribution in [2.24, 2.45) is 0 Å². The van der Waals surface area contributed by atoms with E-state index >= 15 is 0 Å². The van der Waals surface area contributed by atoms with Gasteiger partial charge >= 0.3 is 19.9 Å². The van der Waals surface area contributed by atoms with Crippen LogP contribution in [-0.4, -0.2) is 67.6 Å². The van der Waals surface area contributed by atoms with Gasteiger partial charge in [0, 0.05) is 24.3 Å². The van der Waals surface area contributed by atoms with Gasteiger partial charge < -0.3 is 24.6 Å². The molecule has 2 heterocycles. The summed E-state index contributed by atoms with van der Waals surface area (Å²) in [5, 5.41) is 9.98. The van der Waals surface area contributed by atoms with Crippen LogP contribution in [-0.2, 0) is 14.0 Å². The minimum atomic E-state index is -4.79. The molecule has 1 aliphatic carbocycles. The Morgan fingerprint density at radius 3 is 2.40 bits per heavy atom. The molecule has 2 aromatic heterocycles. The highest BCUT2D eigenvalue weighted by Gasteiger charge is 2.30. The minimum Gasteiger partial charge on any atom is -0.424 e. The number of amides is 3. The molecule has 2 aromatic carbocycles. The fourth-order valence-electron chi connectivity index (χ4n) is 4.73. The zero-order valence-electron chi connectivity index (χ0n) is 26.2. The van der Waals surface area contributed by atoms with Crippen LogP contribution in [0, 0.1) is 13.8 Å². The number of phosphoric acid groups is 1. The van der Waals surface area contributed by atoms with Crippen LogP contribution < -0.4 is 20.1 Å². The molecule has 48 heavy (non-hydrogen) atoms. The number of anilines is 2. The molecule has 1 saturated carbocycles. The van der Waals surface area contributed by atoms with Crippen LogP contribution in [0.15, 0.2) is 55.0 Å². The molecule has 16 nitrogen and oxygen atoms in total. The van der Waals surface area contributed by atoms with E-state index in [0.717, 1.165) is 36.3 Å². The van der Waals surface area contributed by atoms with Crippen molar-refractivity contribution in [2.75, 3.05) is 18.2 Å². The molecule has 3 amide bonds. The van der Waals surface area contributed by atoms with E-state index < -0.39 is 26.7 Å². The lowest BCUT2D eigenvalue weighted by Gasteiger charge is -2.24. The molecule has 1 aliphatic rings. The Balaban J connectivity index is 1.45. The maximum Gasteiger partial charge on any atom is 0.524 e. The zero-order chi connectivity index (χ0) is 34.6. The van der Waals surface area contributed by atoms with E-state index in [0.29, 0.717) is 28.8 Å². The second-order valence-electron chi connectivity index (χ2n) is 11.0. The molecule has 4 N–H and O–H groups in total. The third-order valence-electron chi connectivity index (χ3n) is 7.29. The van der Waals surface area contributed by atoms with E-state index in [-0.39, 0.29) is 46.2 Å². The number of hydrogen-bond donors (Lipinski definition) is 4. The van der Waals surface area contributed by atoms with E-state index in [9.17, 15) is 23.7 Å². The molecule has 0 radical (unpaired) electrons. The first-order valence-corrected chi connectivity index (χ1v) is 16.4. The van der Waals surface area contributed by atoms with Crippen molar-refractivity contribution < 1.29 is 47.5 Å². The second kappa shape index (κ2) is 14.2. The van der Waals surface area contributed by atoms with E-state index in [4.69, 9.17) is 19.3 Å². The number of ether oxygens (including phenoxy) is 2. The number of nitrogens with zero attached hydrogens (tertiary/aromatic N) is 4. The van der Waals surface area contributed by atoms with Crippen LogP contribution in [0.25, 0.3) is 5.52 Å². The van der Waals surface area contributed by atoms with Crippen LogP contribution in [0.3, 0.4) is 0 Å². The Kier molecular flexibility index (Phi) is 10.1. The maximum atomic E-state index is 13.9. The summed E-state index contributed by atoms with van der Waals surface area (Å²) in [6.07, 6.45) is 4.20. The van der Waals surface area contributed by atoms with Crippen molar-refractivity contribution in [3.8, 4) is 5.75 Å². The standard InChI is InChI=1S/C31H33N6O10P/c1-4-13-32-29(39)24-15-36-26(19(24)3)27(33-16-34-36)37(25-14-21(6-5-18(25)2)28(38)35-22-9-10-22)31(41)46-17-45-30(40)20-7-11-23(12-8-20)47-48(42,43)44/h5-8,11-12,14-16,22H,4,9-10,13,17H2,1-3H3,(H,32,39)(H,35,38)(H2,42,43,44). The van der Waals surface area contributed by atoms with Gasteiger partial charge in [-0.15, -0.1) is 0 Å². The lowest BCUT2D eigenvalue weighted by Crippen LogP contribution is -2.31. The van der Waals surface area contributed by atoms with Gasteiger partial charge in [0.15, 0.2) is 5.82 Å². The summed E-state index contributed by atoms with van der Waals surface area (Å²) < 4.78 is 27.4. The lowest BCUT2D eigenvalue weighted by atomic mass is 10.1. The number of hydrogen-bond acceptors (Lipinski definition) is 10. The monoisotopic (exact) mass is 680 g/mol. The molecule has 252 valence electrons. The Morgan fingerprint density at radius 2 is 1.73 bits per heavy atom. The second-order valence-corrected chi connectivity index (χ2v) is 12.1. The highest BCUT2D eigenvalue weighted by molar-refractivity contribution is 7.46. The molecule has 5 rings (SSSR count). The van der Waals surface area contributed by atoms with Gasteiger partial charge in [-0.3, -0.25) is 19.4 Å². The lowest BCUT2D eigenvalue weighted by molar-refractivity contribution is -0.0000792. The summed E-state index contributed by atoms with van der Waals surface area (Å²) in [5.41, 5.74) is 2.21. The number of benzene rings is 2. The van der Waals surface area contributed by atoms with E-state index in [1.165, 1.54) is 35.2 Å². The molecular weight excluding hydrogens is 647 g/mol. The Morgan fingerprint density at radius 1 is 1.02 bits per heavy atom. The molecule has 1 fully saturated rings. The summed E-state index contributed by atoms with van der Waals surface area (Å²) >= 11 is 0. The van der Waals surface area contributed by atoms with Crippen LogP contribution in [0.2, 0.25) is 0 Å². The topological polar surface area (TPSA) is 211 Å². The molecule has 0 aliphatic heterocycles. The van der Waals surface area contributed by atoms with E-state index in [2.05, 4.69) is 25.2 Å². The third kappa shape index (κ3) is 7.97. The van der Waals surface area contributed by atoms with Gasteiger partial charge in [-0.25, -0.2) is 28.6 Å². The molecule has 0 spiro atoms. The van der Waals surface area contributed by atoms with Crippen molar-refractivity contribution >= 4 is 48.7 Å². The van der Waals surface area contributed by atoms with Gasteiger partial charge in [-0.1, -0.05) is 13.0 Å². The largest absolute Gasteiger partial charge is 0.524 e. The molecule has 0 saturated heterocycles. The highest BCUT2D eigenvalue weighted by atomic mass is 31.2. The van der Waals surface area contributed by atoms with Gasteiger partial charge in [-0.2, -0.15) is 5.10 Å². The smallest absolute Gasteiger partial charge is 0.424 e. The Hall–Kier alpha value is -5.31. The quantitative estimate of drug-likeness (QED) is 0.0952. The van der Waals surface area contributed by atoms with Crippen LogP contribution in [0.1, 0.15) is 68.4 Å². The summed E-state index contributed by atoms with van der Waals surface area (Å²) in [7, 11) is -4.79. The minimum absolute atomic E-state index is 0.0126. The normalized spacial score (nSPS) is 12.7. The van der Waals surface area contributed by atoms with Crippen LogP contribution >= 0.6 is 7.82 Å². The number of carbonyl (C=O) groups excluding carboxylic acids is 4. The van der Waals surface area contributed by atoms with Gasteiger partial charge in [0.2, 0.25) is 6.79 Å². The summed E-state index contributed by atoms with van der Waals surface area (Å²) in [4.78, 5) is 75.8. The first-order valence-electron chi connectivity index (χ1n) is 14.9. The first-order chi connectivity index (χ1) is 22.9. The number of esters is 1. The third-order valence-corrected chi connectivity index (χ3v) is 7.74. The van der Waals surface area contributed by atoms with E-state index in [1.54, 1.807) is 26.0 Å².